The maximum atomic E-state index is 12.1. The largest absolute Gasteiger partial charge is 0.360 e. The van der Waals surface area contributed by atoms with E-state index in [-0.39, 0.29) is 11.4 Å². The van der Waals surface area contributed by atoms with E-state index in [1.54, 1.807) is 17.7 Å². The summed E-state index contributed by atoms with van der Waals surface area (Å²) in [5.74, 6) is 0.468. The van der Waals surface area contributed by atoms with Crippen LogP contribution in [0.2, 0.25) is 0 Å². The third kappa shape index (κ3) is 4.38. The molecule has 0 aliphatic heterocycles. The zero-order chi connectivity index (χ0) is 15.3. The quantitative estimate of drug-likeness (QED) is 0.678. The third-order valence-electron chi connectivity index (χ3n) is 2.80. The van der Waals surface area contributed by atoms with E-state index in [1.165, 1.54) is 12.4 Å². The smallest absolute Gasteiger partial charge is 0.244 e. The van der Waals surface area contributed by atoms with Gasteiger partial charge in [-0.25, -0.2) is 13.1 Å². The van der Waals surface area contributed by atoms with Gasteiger partial charge in [-0.05, 0) is 13.5 Å². The second kappa shape index (κ2) is 6.83. The summed E-state index contributed by atoms with van der Waals surface area (Å²) in [7, 11) is -3.60. The molecule has 2 aromatic rings. The van der Waals surface area contributed by atoms with E-state index in [1.807, 2.05) is 6.92 Å². The third-order valence-corrected chi connectivity index (χ3v) is 4.16. The van der Waals surface area contributed by atoms with Gasteiger partial charge < -0.3 is 9.84 Å². The van der Waals surface area contributed by atoms with E-state index in [0.29, 0.717) is 18.0 Å². The Balaban J connectivity index is 1.95. The lowest BCUT2D eigenvalue weighted by Crippen LogP contribution is -2.23. The molecule has 9 heteroatoms. The second-order valence-electron chi connectivity index (χ2n) is 4.55. The summed E-state index contributed by atoms with van der Waals surface area (Å²) in [6, 6.07) is 1.68. The monoisotopic (exact) mass is 313 g/mol. The van der Waals surface area contributed by atoms with Crippen LogP contribution in [0.25, 0.3) is 0 Å². The van der Waals surface area contributed by atoms with Gasteiger partial charge in [0.2, 0.25) is 10.0 Å². The molecule has 0 aliphatic rings. The van der Waals surface area contributed by atoms with Crippen molar-refractivity contribution in [2.75, 3.05) is 13.1 Å². The van der Waals surface area contributed by atoms with E-state index in [0.717, 1.165) is 13.1 Å². The van der Waals surface area contributed by atoms with Crippen molar-refractivity contribution in [3.63, 3.8) is 0 Å². The SMILES string of the molecule is CCNCCn1cc(S(=O)(=O)NCc2cc(C)no2)cn1. The Kier molecular flexibility index (Phi) is 5.10. The average Bonchev–Trinajstić information content (AvgIpc) is 3.06. The van der Waals surface area contributed by atoms with Crippen LogP contribution < -0.4 is 10.0 Å². The van der Waals surface area contributed by atoms with Crippen molar-refractivity contribution >= 4 is 10.0 Å². The molecule has 0 aromatic carbocycles. The summed E-state index contributed by atoms with van der Waals surface area (Å²) in [6.45, 7) is 6.06. The fourth-order valence-corrected chi connectivity index (χ4v) is 2.67. The standard InChI is InChI=1S/C12H19N5O3S/c1-3-13-4-5-17-9-12(8-14-17)21(18,19)15-7-11-6-10(2)16-20-11/h6,8-9,13,15H,3-5,7H2,1-2H3. The lowest BCUT2D eigenvalue weighted by Gasteiger charge is -2.02. The Morgan fingerprint density at radius 1 is 1.43 bits per heavy atom. The molecule has 2 aromatic heterocycles. The van der Waals surface area contributed by atoms with E-state index in [2.05, 4.69) is 20.3 Å². The normalized spacial score (nSPS) is 11.9. The zero-order valence-electron chi connectivity index (χ0n) is 12.0. The highest BCUT2D eigenvalue weighted by molar-refractivity contribution is 7.89. The van der Waals surface area contributed by atoms with E-state index >= 15 is 0 Å². The van der Waals surface area contributed by atoms with Crippen LogP contribution in [0.15, 0.2) is 27.9 Å². The topological polar surface area (TPSA) is 102 Å². The molecule has 0 spiro atoms. The van der Waals surface area contributed by atoms with Crippen molar-refractivity contribution in [2.24, 2.45) is 0 Å². The highest BCUT2D eigenvalue weighted by Crippen LogP contribution is 2.09. The molecule has 0 saturated heterocycles. The fourth-order valence-electron chi connectivity index (χ4n) is 1.73. The molecule has 116 valence electrons. The number of nitrogens with one attached hydrogen (secondary N) is 2. The molecular formula is C12H19N5O3S. The van der Waals surface area contributed by atoms with Crippen LogP contribution in [0.5, 0.6) is 0 Å². The van der Waals surface area contributed by atoms with E-state index < -0.39 is 10.0 Å². The molecule has 8 nitrogen and oxygen atoms in total. The van der Waals surface area contributed by atoms with Crippen molar-refractivity contribution in [3.05, 3.63) is 29.9 Å². The van der Waals surface area contributed by atoms with E-state index in [4.69, 9.17) is 4.52 Å². The minimum Gasteiger partial charge on any atom is -0.360 e. The van der Waals surface area contributed by atoms with Gasteiger partial charge in [-0.15, -0.1) is 0 Å². The highest BCUT2D eigenvalue weighted by atomic mass is 32.2. The number of hydrogen-bond donors (Lipinski definition) is 2. The summed E-state index contributed by atoms with van der Waals surface area (Å²) >= 11 is 0. The molecule has 0 bridgehead atoms. The Morgan fingerprint density at radius 2 is 2.24 bits per heavy atom. The molecule has 2 N–H and O–H groups in total. The zero-order valence-corrected chi connectivity index (χ0v) is 12.9. The minimum absolute atomic E-state index is 0.0613. The second-order valence-corrected chi connectivity index (χ2v) is 6.32. The van der Waals surface area contributed by atoms with Crippen molar-refractivity contribution in [3.8, 4) is 0 Å². The van der Waals surface area contributed by atoms with Gasteiger partial charge in [0.15, 0.2) is 5.76 Å². The molecule has 0 amide bonds. The summed E-state index contributed by atoms with van der Waals surface area (Å²) in [6.07, 6.45) is 2.84. The summed E-state index contributed by atoms with van der Waals surface area (Å²) in [5.41, 5.74) is 0.709. The predicted octanol–water partition coefficient (Wildman–Crippen LogP) is 0.268. The van der Waals surface area contributed by atoms with Crippen molar-refractivity contribution in [1.82, 2.24) is 25.0 Å². The maximum absolute atomic E-state index is 12.1. The first-order chi connectivity index (χ1) is 10.0. The first-order valence-electron chi connectivity index (χ1n) is 6.66. The summed E-state index contributed by atoms with van der Waals surface area (Å²) in [5, 5.41) is 10.9. The summed E-state index contributed by atoms with van der Waals surface area (Å²) in [4.78, 5) is 0.134. The Hall–Kier alpha value is -1.71. The van der Waals surface area contributed by atoms with Crippen molar-refractivity contribution < 1.29 is 12.9 Å². The van der Waals surface area contributed by atoms with E-state index in [9.17, 15) is 8.42 Å². The molecule has 2 heterocycles. The first kappa shape index (κ1) is 15.7. The van der Waals surface area contributed by atoms with Gasteiger partial charge in [0.25, 0.3) is 0 Å². The highest BCUT2D eigenvalue weighted by Gasteiger charge is 2.17. The van der Waals surface area contributed by atoms with Crippen LogP contribution in [0.1, 0.15) is 18.4 Å². The number of sulfonamides is 1. The molecule has 0 aliphatic carbocycles. The fraction of sp³-hybridized carbons (Fsp3) is 0.500. The van der Waals surface area contributed by atoms with Crippen LogP contribution >= 0.6 is 0 Å². The molecule has 0 radical (unpaired) electrons. The Bertz CT molecular complexity index is 677. The number of rotatable bonds is 8. The van der Waals surface area contributed by atoms with Crippen LogP contribution in [-0.2, 0) is 23.1 Å². The van der Waals surface area contributed by atoms with Gasteiger partial charge in [-0.2, -0.15) is 5.10 Å². The minimum atomic E-state index is -3.60. The Morgan fingerprint density at radius 3 is 2.90 bits per heavy atom. The van der Waals surface area contributed by atoms with Crippen LogP contribution in [0, 0.1) is 6.92 Å². The van der Waals surface area contributed by atoms with Gasteiger partial charge in [0, 0.05) is 18.8 Å². The van der Waals surface area contributed by atoms with Gasteiger partial charge in [-0.3, -0.25) is 4.68 Å². The predicted molar refractivity (Wildman–Crippen MR) is 76.0 cm³/mol. The Labute approximate surface area is 123 Å². The number of likely N-dealkylation sites (N-methyl/N-ethyl adjacent to an activating group) is 1. The van der Waals surface area contributed by atoms with Gasteiger partial charge in [-0.1, -0.05) is 12.1 Å². The number of aryl methyl sites for hydroxylation is 1. The first-order valence-corrected chi connectivity index (χ1v) is 8.14. The van der Waals surface area contributed by atoms with Crippen LogP contribution in [0.3, 0.4) is 0 Å². The number of nitrogens with zero attached hydrogens (tertiary/aromatic N) is 3. The summed E-state index contributed by atoms with van der Waals surface area (Å²) < 4.78 is 33.2. The number of hydrogen-bond acceptors (Lipinski definition) is 6. The lowest BCUT2D eigenvalue weighted by atomic mass is 10.4. The molecule has 0 fully saturated rings. The van der Waals surface area contributed by atoms with Gasteiger partial charge in [0.1, 0.15) is 4.90 Å². The maximum Gasteiger partial charge on any atom is 0.244 e. The van der Waals surface area contributed by atoms with Crippen LogP contribution in [-0.4, -0.2) is 36.4 Å². The van der Waals surface area contributed by atoms with Crippen molar-refractivity contribution in [1.29, 1.82) is 0 Å². The molecule has 0 atom stereocenters. The molecule has 2 rings (SSSR count). The lowest BCUT2D eigenvalue weighted by molar-refractivity contribution is 0.377. The van der Waals surface area contributed by atoms with Gasteiger partial charge >= 0.3 is 0 Å². The number of aromatic nitrogens is 3. The van der Waals surface area contributed by atoms with Crippen LogP contribution in [0.4, 0.5) is 0 Å². The molecule has 0 unspecified atom stereocenters. The molecule has 0 saturated carbocycles. The molecular weight excluding hydrogens is 294 g/mol. The average molecular weight is 313 g/mol. The van der Waals surface area contributed by atoms with Crippen molar-refractivity contribution in [2.45, 2.75) is 31.8 Å². The molecule has 21 heavy (non-hydrogen) atoms. The van der Waals surface area contributed by atoms with Gasteiger partial charge in [0.05, 0.1) is 25.0 Å².